The van der Waals surface area contributed by atoms with Gasteiger partial charge in [0.2, 0.25) is 21.8 Å². The standard InChI is InChI=1S/C31H39N3O5S/c1-5-6-19-32-31(36)29(21-25-11-8-7-9-12-25)34(22-26-13-10-14-27(20-26)39-4)30(35)23-33(3)40(37,38)28-17-15-24(2)16-18-28/h7-18,20,29H,5-6,19,21-23H2,1-4H3,(H,32,36)/t29-/m0/s1. The number of rotatable bonds is 14. The van der Waals surface area contributed by atoms with Gasteiger partial charge in [-0.1, -0.05) is 73.5 Å². The van der Waals surface area contributed by atoms with Crippen LogP contribution in [0, 0.1) is 6.92 Å². The van der Waals surface area contributed by atoms with E-state index in [1.165, 1.54) is 24.1 Å². The summed E-state index contributed by atoms with van der Waals surface area (Å²) in [7, 11) is -0.984. The fraction of sp³-hybridized carbons (Fsp3) is 0.355. The van der Waals surface area contributed by atoms with Gasteiger partial charge in [-0.25, -0.2) is 8.42 Å². The summed E-state index contributed by atoms with van der Waals surface area (Å²) < 4.78 is 32.9. The van der Waals surface area contributed by atoms with Gasteiger partial charge in [0.05, 0.1) is 18.6 Å². The highest BCUT2D eigenvalue weighted by Crippen LogP contribution is 2.20. The van der Waals surface area contributed by atoms with Crippen molar-refractivity contribution in [2.24, 2.45) is 0 Å². The van der Waals surface area contributed by atoms with Gasteiger partial charge < -0.3 is 15.0 Å². The van der Waals surface area contributed by atoms with Crippen LogP contribution in [0.25, 0.3) is 0 Å². The number of nitrogens with one attached hydrogen (secondary N) is 1. The first kappa shape index (κ1) is 30.8. The van der Waals surface area contributed by atoms with Crippen LogP contribution in [-0.4, -0.2) is 62.7 Å². The first-order chi connectivity index (χ1) is 19.1. The van der Waals surface area contributed by atoms with Crippen LogP contribution < -0.4 is 10.1 Å². The van der Waals surface area contributed by atoms with E-state index < -0.39 is 28.5 Å². The van der Waals surface area contributed by atoms with Gasteiger partial charge in [-0.15, -0.1) is 0 Å². The second kappa shape index (κ2) is 14.6. The Bertz CT molecular complexity index is 1360. The Hall–Kier alpha value is -3.69. The zero-order chi connectivity index (χ0) is 29.1. The third-order valence-electron chi connectivity index (χ3n) is 6.67. The molecule has 9 heteroatoms. The topological polar surface area (TPSA) is 96.0 Å². The van der Waals surface area contributed by atoms with Crippen molar-refractivity contribution in [1.29, 1.82) is 0 Å². The molecule has 0 aliphatic carbocycles. The number of methoxy groups -OCH3 is 1. The molecule has 0 fully saturated rings. The maximum Gasteiger partial charge on any atom is 0.243 e. The minimum Gasteiger partial charge on any atom is -0.497 e. The molecule has 214 valence electrons. The molecule has 0 bridgehead atoms. The molecule has 1 N–H and O–H groups in total. The average molecular weight is 566 g/mol. The first-order valence-corrected chi connectivity index (χ1v) is 14.9. The lowest BCUT2D eigenvalue weighted by molar-refractivity contribution is -0.141. The molecule has 0 aliphatic rings. The minimum absolute atomic E-state index is 0.103. The number of hydrogen-bond acceptors (Lipinski definition) is 5. The molecule has 0 radical (unpaired) electrons. The number of sulfonamides is 1. The lowest BCUT2D eigenvalue weighted by Gasteiger charge is -2.32. The van der Waals surface area contributed by atoms with Crippen LogP contribution in [-0.2, 0) is 32.6 Å². The van der Waals surface area contributed by atoms with Crippen molar-refractivity contribution in [2.75, 3.05) is 27.2 Å². The molecule has 3 aromatic carbocycles. The number of hydrogen-bond donors (Lipinski definition) is 1. The number of benzene rings is 3. The number of ether oxygens (including phenoxy) is 1. The Kier molecular flexibility index (Phi) is 11.3. The summed E-state index contributed by atoms with van der Waals surface area (Å²) in [6.07, 6.45) is 2.01. The largest absolute Gasteiger partial charge is 0.497 e. The molecule has 2 amide bonds. The molecule has 0 unspecified atom stereocenters. The van der Waals surface area contributed by atoms with E-state index in [4.69, 9.17) is 4.74 Å². The normalized spacial score (nSPS) is 12.1. The molecule has 8 nitrogen and oxygen atoms in total. The van der Waals surface area contributed by atoms with E-state index in [9.17, 15) is 18.0 Å². The fourth-order valence-corrected chi connectivity index (χ4v) is 5.40. The Labute approximate surface area is 238 Å². The number of aryl methyl sites for hydroxylation is 1. The second-order valence-electron chi connectivity index (χ2n) is 9.80. The predicted molar refractivity (Wildman–Crippen MR) is 156 cm³/mol. The first-order valence-electron chi connectivity index (χ1n) is 13.4. The number of likely N-dealkylation sites (N-methyl/N-ethyl adjacent to an activating group) is 1. The predicted octanol–water partition coefficient (Wildman–Crippen LogP) is 4.18. The quantitative estimate of drug-likeness (QED) is 0.296. The summed E-state index contributed by atoms with van der Waals surface area (Å²) in [6.45, 7) is 4.08. The fourth-order valence-electron chi connectivity index (χ4n) is 4.28. The van der Waals surface area contributed by atoms with Crippen LogP contribution in [0.4, 0.5) is 0 Å². The minimum atomic E-state index is -3.92. The van der Waals surface area contributed by atoms with E-state index >= 15 is 0 Å². The molecule has 0 saturated carbocycles. The molecule has 3 rings (SSSR count). The van der Waals surface area contributed by atoms with Crippen LogP contribution >= 0.6 is 0 Å². The van der Waals surface area contributed by atoms with Crippen molar-refractivity contribution in [3.05, 3.63) is 95.6 Å². The SMILES string of the molecule is CCCCNC(=O)[C@H](Cc1ccccc1)N(Cc1cccc(OC)c1)C(=O)CN(C)S(=O)(=O)c1ccc(C)cc1. The lowest BCUT2D eigenvalue weighted by atomic mass is 10.0. The van der Waals surface area contributed by atoms with Gasteiger partial charge in [0.25, 0.3) is 0 Å². The number of amides is 2. The van der Waals surface area contributed by atoms with E-state index in [0.29, 0.717) is 12.3 Å². The lowest BCUT2D eigenvalue weighted by Crippen LogP contribution is -2.53. The van der Waals surface area contributed by atoms with Gasteiger partial charge >= 0.3 is 0 Å². The molecule has 0 saturated heterocycles. The molecular weight excluding hydrogens is 526 g/mol. The van der Waals surface area contributed by atoms with Crippen molar-refractivity contribution in [2.45, 2.75) is 50.6 Å². The van der Waals surface area contributed by atoms with Crippen LogP contribution in [0.2, 0.25) is 0 Å². The highest BCUT2D eigenvalue weighted by molar-refractivity contribution is 7.89. The molecular formula is C31H39N3O5S. The Balaban J connectivity index is 1.97. The van der Waals surface area contributed by atoms with E-state index in [1.807, 2.05) is 62.4 Å². The zero-order valence-corrected chi connectivity index (χ0v) is 24.5. The summed E-state index contributed by atoms with van der Waals surface area (Å²) in [6, 6.07) is 22.4. The Morgan fingerprint density at radius 1 is 0.950 bits per heavy atom. The third kappa shape index (κ3) is 8.40. The van der Waals surface area contributed by atoms with Gasteiger partial charge in [-0.3, -0.25) is 9.59 Å². The van der Waals surface area contributed by atoms with Gasteiger partial charge in [-0.2, -0.15) is 4.31 Å². The molecule has 0 aliphatic heterocycles. The van der Waals surface area contributed by atoms with E-state index in [0.717, 1.165) is 33.8 Å². The number of unbranched alkanes of at least 4 members (excludes halogenated alkanes) is 1. The summed E-state index contributed by atoms with van der Waals surface area (Å²) >= 11 is 0. The Morgan fingerprint density at radius 2 is 1.62 bits per heavy atom. The van der Waals surface area contributed by atoms with Gasteiger partial charge in [-0.05, 0) is 48.7 Å². The second-order valence-corrected chi connectivity index (χ2v) is 11.8. The van der Waals surface area contributed by atoms with Gasteiger partial charge in [0.15, 0.2) is 0 Å². The van der Waals surface area contributed by atoms with Crippen molar-refractivity contribution in [3.63, 3.8) is 0 Å². The van der Waals surface area contributed by atoms with E-state index in [1.54, 1.807) is 25.3 Å². The van der Waals surface area contributed by atoms with E-state index in [-0.39, 0.29) is 23.8 Å². The smallest absolute Gasteiger partial charge is 0.243 e. The number of carbonyl (C=O) groups excluding carboxylic acids is 2. The highest BCUT2D eigenvalue weighted by atomic mass is 32.2. The summed E-state index contributed by atoms with van der Waals surface area (Å²) in [5.74, 6) is -0.138. The average Bonchev–Trinajstić information content (AvgIpc) is 2.95. The molecule has 40 heavy (non-hydrogen) atoms. The van der Waals surface area contributed by atoms with Gasteiger partial charge in [0.1, 0.15) is 11.8 Å². The molecule has 0 spiro atoms. The Morgan fingerprint density at radius 3 is 2.27 bits per heavy atom. The van der Waals surface area contributed by atoms with Crippen molar-refractivity contribution >= 4 is 21.8 Å². The number of carbonyl (C=O) groups is 2. The van der Waals surface area contributed by atoms with Crippen LogP contribution in [0.3, 0.4) is 0 Å². The van der Waals surface area contributed by atoms with Crippen molar-refractivity contribution in [1.82, 2.24) is 14.5 Å². The maximum atomic E-state index is 13.9. The molecule has 1 atom stereocenters. The summed E-state index contributed by atoms with van der Waals surface area (Å²) in [5, 5.41) is 2.97. The van der Waals surface area contributed by atoms with Crippen molar-refractivity contribution < 1.29 is 22.7 Å². The summed E-state index contributed by atoms with van der Waals surface area (Å²) in [5.41, 5.74) is 2.58. The number of nitrogens with zero attached hydrogens (tertiary/aromatic N) is 2. The molecule has 0 aromatic heterocycles. The van der Waals surface area contributed by atoms with Gasteiger partial charge in [0, 0.05) is 26.6 Å². The van der Waals surface area contributed by atoms with Crippen molar-refractivity contribution in [3.8, 4) is 5.75 Å². The highest BCUT2D eigenvalue weighted by Gasteiger charge is 2.33. The van der Waals surface area contributed by atoms with Crippen LogP contribution in [0.1, 0.15) is 36.5 Å². The van der Waals surface area contributed by atoms with Crippen LogP contribution in [0.15, 0.2) is 83.8 Å². The molecule has 3 aromatic rings. The molecule has 0 heterocycles. The maximum absolute atomic E-state index is 13.9. The van der Waals surface area contributed by atoms with Crippen LogP contribution in [0.5, 0.6) is 5.75 Å². The summed E-state index contributed by atoms with van der Waals surface area (Å²) in [4.78, 5) is 29.1. The third-order valence-corrected chi connectivity index (χ3v) is 8.49. The monoisotopic (exact) mass is 565 g/mol. The zero-order valence-electron chi connectivity index (χ0n) is 23.7. The van der Waals surface area contributed by atoms with E-state index in [2.05, 4.69) is 5.32 Å².